The lowest BCUT2D eigenvalue weighted by molar-refractivity contribution is 0.473. The molecule has 0 saturated carbocycles. The van der Waals surface area contributed by atoms with Crippen LogP contribution >= 0.6 is 15.9 Å². The van der Waals surface area contributed by atoms with E-state index in [2.05, 4.69) is 21.0 Å². The van der Waals surface area contributed by atoms with Crippen LogP contribution in [0.4, 0.5) is 5.82 Å². The molecular formula is C12H14BrN3O. The number of benzene rings is 1. The molecular weight excluding hydrogens is 282 g/mol. The van der Waals surface area contributed by atoms with Gasteiger partial charge in [0.05, 0.1) is 10.2 Å². The molecule has 0 radical (unpaired) electrons. The van der Waals surface area contributed by atoms with E-state index in [4.69, 9.17) is 5.73 Å². The molecule has 2 rings (SSSR count). The first-order valence-corrected chi connectivity index (χ1v) is 5.99. The first-order chi connectivity index (χ1) is 7.91. The second-order valence-corrected chi connectivity index (χ2v) is 4.96. The van der Waals surface area contributed by atoms with Crippen molar-refractivity contribution in [2.45, 2.75) is 13.8 Å². The summed E-state index contributed by atoms with van der Waals surface area (Å²) >= 11 is 3.34. The molecule has 0 saturated heterocycles. The van der Waals surface area contributed by atoms with Crippen LogP contribution in [0.1, 0.15) is 11.1 Å². The maximum absolute atomic E-state index is 10.1. The second kappa shape index (κ2) is 4.07. The fourth-order valence-electron chi connectivity index (χ4n) is 1.78. The van der Waals surface area contributed by atoms with Gasteiger partial charge in [0.1, 0.15) is 11.6 Å². The Hall–Kier alpha value is -1.49. The summed E-state index contributed by atoms with van der Waals surface area (Å²) in [6.07, 6.45) is 0. The predicted octanol–water partition coefficient (Wildman–Crippen LogP) is 2.75. The average molecular weight is 296 g/mol. The number of hydrogen-bond donors (Lipinski definition) is 2. The summed E-state index contributed by atoms with van der Waals surface area (Å²) in [7, 11) is 1.77. The van der Waals surface area contributed by atoms with Crippen LogP contribution in [0.15, 0.2) is 16.6 Å². The summed E-state index contributed by atoms with van der Waals surface area (Å²) in [5.74, 6) is 0.766. The Balaban J connectivity index is 2.74. The van der Waals surface area contributed by atoms with Crippen LogP contribution in [0.3, 0.4) is 0 Å². The van der Waals surface area contributed by atoms with Crippen LogP contribution in [-0.4, -0.2) is 14.9 Å². The zero-order valence-electron chi connectivity index (χ0n) is 9.95. The fraction of sp³-hybridized carbons (Fsp3) is 0.250. The highest BCUT2D eigenvalue weighted by atomic mass is 79.9. The molecule has 0 aliphatic carbocycles. The van der Waals surface area contributed by atoms with Gasteiger partial charge in [-0.2, -0.15) is 5.10 Å². The molecule has 0 fully saturated rings. The molecule has 5 heteroatoms. The summed E-state index contributed by atoms with van der Waals surface area (Å²) in [5.41, 5.74) is 9.27. The molecule has 1 aromatic heterocycles. The average Bonchev–Trinajstić information content (AvgIpc) is 2.57. The van der Waals surface area contributed by atoms with Crippen LogP contribution < -0.4 is 5.73 Å². The van der Waals surface area contributed by atoms with Crippen LogP contribution in [0.2, 0.25) is 0 Å². The van der Waals surface area contributed by atoms with Gasteiger partial charge in [0.25, 0.3) is 0 Å². The van der Waals surface area contributed by atoms with Gasteiger partial charge in [-0.25, -0.2) is 0 Å². The van der Waals surface area contributed by atoms with Gasteiger partial charge in [0.2, 0.25) is 0 Å². The molecule has 1 aromatic carbocycles. The molecule has 0 aliphatic heterocycles. The zero-order chi connectivity index (χ0) is 12.7. The Morgan fingerprint density at radius 3 is 2.53 bits per heavy atom. The number of aromatic hydroxyl groups is 1. The molecule has 17 heavy (non-hydrogen) atoms. The van der Waals surface area contributed by atoms with E-state index >= 15 is 0 Å². The van der Waals surface area contributed by atoms with Crippen molar-refractivity contribution in [3.05, 3.63) is 27.7 Å². The van der Waals surface area contributed by atoms with Gasteiger partial charge in [0, 0.05) is 18.7 Å². The van der Waals surface area contributed by atoms with Crippen LogP contribution in [0.25, 0.3) is 11.3 Å². The maximum atomic E-state index is 10.1. The summed E-state index contributed by atoms with van der Waals surface area (Å²) in [4.78, 5) is 0. The van der Waals surface area contributed by atoms with Crippen molar-refractivity contribution < 1.29 is 5.11 Å². The summed E-state index contributed by atoms with van der Waals surface area (Å²) in [6, 6.07) is 3.65. The third kappa shape index (κ3) is 1.91. The Kier molecular flexibility index (Phi) is 2.87. The van der Waals surface area contributed by atoms with E-state index in [0.29, 0.717) is 16.0 Å². The van der Waals surface area contributed by atoms with Crippen molar-refractivity contribution in [2.75, 3.05) is 5.73 Å². The van der Waals surface area contributed by atoms with Gasteiger partial charge in [-0.15, -0.1) is 0 Å². The van der Waals surface area contributed by atoms with Crippen molar-refractivity contribution in [2.24, 2.45) is 7.05 Å². The number of aromatic nitrogens is 2. The van der Waals surface area contributed by atoms with Gasteiger partial charge in [0.15, 0.2) is 0 Å². The molecule has 0 unspecified atom stereocenters. The highest BCUT2D eigenvalue weighted by molar-refractivity contribution is 9.10. The number of phenols is 1. The normalized spacial score (nSPS) is 10.8. The van der Waals surface area contributed by atoms with Crippen molar-refractivity contribution in [3.63, 3.8) is 0 Å². The summed E-state index contributed by atoms with van der Waals surface area (Å²) < 4.78 is 2.25. The Morgan fingerprint density at radius 1 is 1.35 bits per heavy atom. The molecule has 0 amide bonds. The minimum Gasteiger partial charge on any atom is -0.506 e. The number of anilines is 1. The fourth-order valence-corrected chi connectivity index (χ4v) is 2.32. The lowest BCUT2D eigenvalue weighted by Gasteiger charge is -2.10. The third-order valence-electron chi connectivity index (χ3n) is 2.94. The van der Waals surface area contributed by atoms with Crippen LogP contribution in [0, 0.1) is 13.8 Å². The van der Waals surface area contributed by atoms with E-state index in [0.717, 1.165) is 16.7 Å². The molecule has 1 heterocycles. The number of phenolic OH excluding ortho intramolecular Hbond substituents is 1. The molecule has 4 nitrogen and oxygen atoms in total. The summed E-state index contributed by atoms with van der Waals surface area (Å²) in [5, 5.41) is 14.4. The van der Waals surface area contributed by atoms with E-state index < -0.39 is 0 Å². The van der Waals surface area contributed by atoms with E-state index in [1.807, 2.05) is 19.9 Å². The first kappa shape index (κ1) is 12.0. The van der Waals surface area contributed by atoms with Gasteiger partial charge in [-0.3, -0.25) is 4.68 Å². The maximum Gasteiger partial charge on any atom is 0.139 e. The van der Waals surface area contributed by atoms with Gasteiger partial charge < -0.3 is 10.8 Å². The highest BCUT2D eigenvalue weighted by Crippen LogP contribution is 2.39. The van der Waals surface area contributed by atoms with Crippen molar-refractivity contribution >= 4 is 21.7 Å². The molecule has 3 N–H and O–H groups in total. The largest absolute Gasteiger partial charge is 0.506 e. The topological polar surface area (TPSA) is 64.1 Å². The Morgan fingerprint density at radius 2 is 2.00 bits per heavy atom. The zero-order valence-corrected chi connectivity index (χ0v) is 11.5. The minimum atomic E-state index is 0.200. The Labute approximate surface area is 108 Å². The molecule has 0 aliphatic rings. The lowest BCUT2D eigenvalue weighted by atomic mass is 10.00. The number of halogens is 1. The SMILES string of the molecule is Cc1cc(Br)c(O)c(-c2cc(N)n(C)n2)c1C. The molecule has 0 bridgehead atoms. The number of nitrogen functional groups attached to an aromatic ring is 1. The minimum absolute atomic E-state index is 0.200. The van der Waals surface area contributed by atoms with E-state index in [1.54, 1.807) is 17.8 Å². The quantitative estimate of drug-likeness (QED) is 0.850. The van der Waals surface area contributed by atoms with Gasteiger partial charge in [-0.05, 0) is 47.0 Å². The molecule has 0 atom stereocenters. The molecule has 0 spiro atoms. The lowest BCUT2D eigenvalue weighted by Crippen LogP contribution is -1.97. The molecule has 2 aromatic rings. The third-order valence-corrected chi connectivity index (χ3v) is 3.55. The number of aryl methyl sites for hydroxylation is 2. The summed E-state index contributed by atoms with van der Waals surface area (Å²) in [6.45, 7) is 3.96. The highest BCUT2D eigenvalue weighted by Gasteiger charge is 2.16. The standard InChI is InChI=1S/C12H14BrN3O/c1-6-4-8(13)12(17)11(7(6)2)9-5-10(14)16(3)15-9/h4-5,17H,14H2,1-3H3. The van der Waals surface area contributed by atoms with Crippen LogP contribution in [0.5, 0.6) is 5.75 Å². The first-order valence-electron chi connectivity index (χ1n) is 5.20. The number of nitrogens with zero attached hydrogens (tertiary/aromatic N) is 2. The van der Waals surface area contributed by atoms with Gasteiger partial charge in [-0.1, -0.05) is 0 Å². The van der Waals surface area contributed by atoms with Crippen molar-refractivity contribution in [1.82, 2.24) is 9.78 Å². The van der Waals surface area contributed by atoms with Crippen LogP contribution in [-0.2, 0) is 7.05 Å². The molecule has 90 valence electrons. The second-order valence-electron chi connectivity index (χ2n) is 4.10. The monoisotopic (exact) mass is 295 g/mol. The van der Waals surface area contributed by atoms with E-state index in [-0.39, 0.29) is 5.75 Å². The van der Waals surface area contributed by atoms with Gasteiger partial charge >= 0.3 is 0 Å². The smallest absolute Gasteiger partial charge is 0.139 e. The number of rotatable bonds is 1. The van der Waals surface area contributed by atoms with Crippen molar-refractivity contribution in [3.8, 4) is 17.0 Å². The van der Waals surface area contributed by atoms with E-state index in [1.165, 1.54) is 0 Å². The van der Waals surface area contributed by atoms with Crippen molar-refractivity contribution in [1.29, 1.82) is 0 Å². The number of nitrogens with two attached hydrogens (primary N) is 1. The predicted molar refractivity (Wildman–Crippen MR) is 71.9 cm³/mol. The number of hydrogen-bond acceptors (Lipinski definition) is 3. The Bertz CT molecular complexity index is 544. The van der Waals surface area contributed by atoms with E-state index in [9.17, 15) is 5.11 Å².